The van der Waals surface area contributed by atoms with Gasteiger partial charge in [-0.15, -0.1) is 0 Å². The molecule has 1 aromatic carbocycles. The van der Waals surface area contributed by atoms with Crippen molar-refractivity contribution >= 4 is 19.7 Å². The van der Waals surface area contributed by atoms with Gasteiger partial charge < -0.3 is 4.74 Å². The third kappa shape index (κ3) is 2.80. The minimum Gasteiger partial charge on any atom is -0.481 e. The van der Waals surface area contributed by atoms with E-state index >= 15 is 0 Å². The maximum absolute atomic E-state index is 11.1. The van der Waals surface area contributed by atoms with Crippen molar-refractivity contribution in [2.24, 2.45) is 0 Å². The van der Waals surface area contributed by atoms with Crippen LogP contribution in [0.3, 0.4) is 0 Å². The van der Waals surface area contributed by atoms with E-state index in [1.807, 2.05) is 12.1 Å². The minimum absolute atomic E-state index is 0.0656. The Hall–Kier alpha value is -1.59. The maximum Gasteiger partial charge on any atom is 0.261 e. The van der Waals surface area contributed by atoms with Gasteiger partial charge in [0.25, 0.3) is 9.05 Å². The zero-order valence-corrected chi connectivity index (χ0v) is 11.1. The minimum atomic E-state index is -3.69. The van der Waals surface area contributed by atoms with Crippen molar-refractivity contribution in [3.05, 3.63) is 42.5 Å². The lowest BCUT2D eigenvalue weighted by Gasteiger charge is -2.04. The molecule has 2 aromatic rings. The lowest BCUT2D eigenvalue weighted by Crippen LogP contribution is -1.92. The molecule has 0 aliphatic heterocycles. The third-order valence-corrected chi connectivity index (χ3v) is 3.73. The molecule has 0 amide bonds. The molecule has 1 heterocycles. The standard InChI is InChI=1S/C12H10ClNO3S/c1-17-12-4-2-3-11(14-12)9-5-7-10(8-6-9)18(13,15)16/h2-8H,1H3. The van der Waals surface area contributed by atoms with Gasteiger partial charge in [-0.05, 0) is 18.2 Å². The van der Waals surface area contributed by atoms with Crippen LogP contribution in [0.4, 0.5) is 0 Å². The molecule has 2 rings (SSSR count). The maximum atomic E-state index is 11.1. The highest BCUT2D eigenvalue weighted by Crippen LogP contribution is 2.22. The smallest absolute Gasteiger partial charge is 0.261 e. The number of methoxy groups -OCH3 is 1. The predicted octanol–water partition coefficient (Wildman–Crippen LogP) is 2.68. The molecule has 0 radical (unpaired) electrons. The summed E-state index contributed by atoms with van der Waals surface area (Å²) in [4.78, 5) is 4.31. The molecule has 0 fully saturated rings. The molecule has 1 aromatic heterocycles. The van der Waals surface area contributed by atoms with E-state index in [1.54, 1.807) is 18.2 Å². The van der Waals surface area contributed by atoms with Crippen LogP contribution in [0.15, 0.2) is 47.4 Å². The fourth-order valence-corrected chi connectivity index (χ4v) is 2.25. The average Bonchev–Trinajstić information content (AvgIpc) is 2.38. The topological polar surface area (TPSA) is 56.3 Å². The summed E-state index contributed by atoms with van der Waals surface area (Å²) in [6.45, 7) is 0. The second-order valence-electron chi connectivity index (χ2n) is 3.53. The Morgan fingerprint density at radius 2 is 1.78 bits per heavy atom. The number of hydrogen-bond acceptors (Lipinski definition) is 4. The number of aromatic nitrogens is 1. The number of hydrogen-bond donors (Lipinski definition) is 0. The van der Waals surface area contributed by atoms with Gasteiger partial charge in [0.1, 0.15) is 0 Å². The molecule has 0 aliphatic rings. The van der Waals surface area contributed by atoms with Crippen molar-refractivity contribution in [1.82, 2.24) is 4.98 Å². The summed E-state index contributed by atoms with van der Waals surface area (Å²) in [7, 11) is 3.09. The van der Waals surface area contributed by atoms with Gasteiger partial charge >= 0.3 is 0 Å². The molecule has 18 heavy (non-hydrogen) atoms. The van der Waals surface area contributed by atoms with Crippen molar-refractivity contribution in [3.8, 4) is 17.1 Å². The SMILES string of the molecule is COc1cccc(-c2ccc(S(=O)(=O)Cl)cc2)n1. The van der Waals surface area contributed by atoms with Crippen LogP contribution in [0.5, 0.6) is 5.88 Å². The van der Waals surface area contributed by atoms with Gasteiger partial charge in [0, 0.05) is 22.3 Å². The second kappa shape index (κ2) is 4.96. The number of nitrogens with zero attached hydrogens (tertiary/aromatic N) is 1. The van der Waals surface area contributed by atoms with E-state index in [9.17, 15) is 8.42 Å². The summed E-state index contributed by atoms with van der Waals surface area (Å²) in [5, 5.41) is 0. The predicted molar refractivity (Wildman–Crippen MR) is 69.3 cm³/mol. The fraction of sp³-hybridized carbons (Fsp3) is 0.0833. The second-order valence-corrected chi connectivity index (χ2v) is 6.09. The number of rotatable bonds is 3. The molecule has 0 unspecified atom stereocenters. The Bertz CT molecular complexity index is 653. The summed E-state index contributed by atoms with van der Waals surface area (Å²) in [6.07, 6.45) is 0. The molecule has 6 heteroatoms. The fourth-order valence-electron chi connectivity index (χ4n) is 1.48. The lowest BCUT2D eigenvalue weighted by molar-refractivity contribution is 0.398. The van der Waals surface area contributed by atoms with Crippen LogP contribution < -0.4 is 4.74 Å². The van der Waals surface area contributed by atoms with E-state index < -0.39 is 9.05 Å². The molecule has 4 nitrogen and oxygen atoms in total. The number of halogens is 1. The van der Waals surface area contributed by atoms with Crippen molar-refractivity contribution in [1.29, 1.82) is 0 Å². The summed E-state index contributed by atoms with van der Waals surface area (Å²) in [5.74, 6) is 0.501. The summed E-state index contributed by atoms with van der Waals surface area (Å²) in [5.41, 5.74) is 1.49. The molecule has 0 saturated heterocycles. The van der Waals surface area contributed by atoms with Crippen LogP contribution in [0.2, 0.25) is 0 Å². The highest BCUT2D eigenvalue weighted by atomic mass is 35.7. The van der Waals surface area contributed by atoms with E-state index in [0.717, 1.165) is 5.56 Å². The molecule has 0 N–H and O–H groups in total. The van der Waals surface area contributed by atoms with E-state index in [1.165, 1.54) is 19.2 Å². The Kier molecular flexibility index (Phi) is 3.54. The van der Waals surface area contributed by atoms with E-state index in [-0.39, 0.29) is 4.90 Å². The van der Waals surface area contributed by atoms with Crippen LogP contribution in [-0.2, 0) is 9.05 Å². The van der Waals surface area contributed by atoms with E-state index in [0.29, 0.717) is 11.6 Å². The van der Waals surface area contributed by atoms with Gasteiger partial charge in [-0.1, -0.05) is 18.2 Å². The van der Waals surface area contributed by atoms with Gasteiger partial charge in [-0.25, -0.2) is 13.4 Å². The molecular weight excluding hydrogens is 274 g/mol. The average molecular weight is 284 g/mol. The number of benzene rings is 1. The van der Waals surface area contributed by atoms with Crippen molar-refractivity contribution in [2.45, 2.75) is 4.90 Å². The van der Waals surface area contributed by atoms with Gasteiger partial charge in [-0.3, -0.25) is 0 Å². The molecule has 0 atom stereocenters. The lowest BCUT2D eigenvalue weighted by atomic mass is 10.1. The third-order valence-electron chi connectivity index (χ3n) is 2.36. The Morgan fingerprint density at radius 1 is 1.11 bits per heavy atom. The molecular formula is C12H10ClNO3S. The molecule has 0 aliphatic carbocycles. The summed E-state index contributed by atoms with van der Waals surface area (Å²) in [6, 6.07) is 11.5. The first-order valence-corrected chi connectivity index (χ1v) is 7.38. The van der Waals surface area contributed by atoms with E-state index in [2.05, 4.69) is 4.98 Å². The van der Waals surface area contributed by atoms with Gasteiger partial charge in [-0.2, -0.15) is 0 Å². The zero-order chi connectivity index (χ0) is 13.2. The highest BCUT2D eigenvalue weighted by molar-refractivity contribution is 8.13. The van der Waals surface area contributed by atoms with Crippen molar-refractivity contribution in [3.63, 3.8) is 0 Å². The summed E-state index contributed by atoms with van der Waals surface area (Å²) < 4.78 is 27.2. The Morgan fingerprint density at radius 3 is 2.33 bits per heavy atom. The van der Waals surface area contributed by atoms with Gasteiger partial charge in [0.05, 0.1) is 17.7 Å². The Balaban J connectivity index is 2.40. The molecule has 94 valence electrons. The first kappa shape index (κ1) is 12.9. The highest BCUT2D eigenvalue weighted by Gasteiger charge is 2.09. The van der Waals surface area contributed by atoms with Gasteiger partial charge in [0.15, 0.2) is 0 Å². The van der Waals surface area contributed by atoms with Crippen LogP contribution >= 0.6 is 10.7 Å². The first-order valence-electron chi connectivity index (χ1n) is 5.07. The van der Waals surface area contributed by atoms with Crippen molar-refractivity contribution < 1.29 is 13.2 Å². The molecule has 0 spiro atoms. The number of pyridine rings is 1. The van der Waals surface area contributed by atoms with Crippen molar-refractivity contribution in [2.75, 3.05) is 7.11 Å². The molecule has 0 saturated carbocycles. The first-order chi connectivity index (χ1) is 8.50. The molecule has 0 bridgehead atoms. The van der Waals surface area contributed by atoms with Gasteiger partial charge in [0.2, 0.25) is 5.88 Å². The quantitative estimate of drug-likeness (QED) is 0.813. The van der Waals surface area contributed by atoms with Crippen LogP contribution in [-0.4, -0.2) is 20.5 Å². The monoisotopic (exact) mass is 283 g/mol. The Labute approximate surface area is 110 Å². The normalized spacial score (nSPS) is 11.2. The van der Waals surface area contributed by atoms with Crippen LogP contribution in [0, 0.1) is 0 Å². The zero-order valence-electron chi connectivity index (χ0n) is 9.50. The van der Waals surface area contributed by atoms with Crippen LogP contribution in [0.25, 0.3) is 11.3 Å². The van der Waals surface area contributed by atoms with Crippen LogP contribution in [0.1, 0.15) is 0 Å². The number of ether oxygens (including phenoxy) is 1. The van der Waals surface area contributed by atoms with E-state index in [4.69, 9.17) is 15.4 Å². The largest absolute Gasteiger partial charge is 0.481 e. The summed E-state index contributed by atoms with van der Waals surface area (Å²) >= 11 is 0.